The van der Waals surface area contributed by atoms with Crippen LogP contribution in [0.3, 0.4) is 0 Å². The summed E-state index contributed by atoms with van der Waals surface area (Å²) in [6, 6.07) is 0.619. The predicted octanol–water partition coefficient (Wildman–Crippen LogP) is 0.632. The Bertz CT molecular complexity index is 372. The maximum absolute atomic E-state index is 4.22. The number of guanidine groups is 1. The van der Waals surface area contributed by atoms with Gasteiger partial charge in [-0.2, -0.15) is 0 Å². The van der Waals surface area contributed by atoms with Gasteiger partial charge in [-0.05, 0) is 25.2 Å². The van der Waals surface area contributed by atoms with E-state index in [0.29, 0.717) is 6.04 Å². The highest BCUT2D eigenvalue weighted by molar-refractivity contribution is 5.80. The first kappa shape index (κ1) is 12.9. The maximum atomic E-state index is 4.22. The van der Waals surface area contributed by atoms with Crippen molar-refractivity contribution in [3.8, 4) is 0 Å². The van der Waals surface area contributed by atoms with Crippen molar-refractivity contribution in [1.82, 2.24) is 25.4 Å². The minimum atomic E-state index is 0.619. The van der Waals surface area contributed by atoms with Gasteiger partial charge in [-0.1, -0.05) is 6.92 Å². The first-order valence-electron chi connectivity index (χ1n) is 6.59. The average molecular weight is 250 g/mol. The highest BCUT2D eigenvalue weighted by Crippen LogP contribution is 2.28. The van der Waals surface area contributed by atoms with Gasteiger partial charge in [0, 0.05) is 26.2 Å². The highest BCUT2D eigenvalue weighted by Gasteiger charge is 2.32. The summed E-state index contributed by atoms with van der Waals surface area (Å²) >= 11 is 0. The maximum Gasteiger partial charge on any atom is 0.191 e. The van der Waals surface area contributed by atoms with Crippen molar-refractivity contribution < 1.29 is 0 Å². The minimum Gasteiger partial charge on any atom is -0.356 e. The number of nitrogens with zero attached hydrogens (tertiary/aromatic N) is 4. The molecule has 0 aromatic carbocycles. The number of aliphatic imine (C=N–C) groups is 1. The van der Waals surface area contributed by atoms with Gasteiger partial charge >= 0.3 is 0 Å². The lowest BCUT2D eigenvalue weighted by Crippen LogP contribution is -2.39. The molecule has 1 saturated carbocycles. The summed E-state index contributed by atoms with van der Waals surface area (Å²) in [7, 11) is 1.82. The van der Waals surface area contributed by atoms with Gasteiger partial charge in [-0.25, -0.2) is 0 Å². The number of rotatable bonds is 6. The fourth-order valence-corrected chi connectivity index (χ4v) is 1.86. The van der Waals surface area contributed by atoms with Crippen LogP contribution in [0.15, 0.2) is 17.6 Å². The largest absolute Gasteiger partial charge is 0.356 e. The van der Waals surface area contributed by atoms with Gasteiger partial charge in [-0.15, -0.1) is 10.2 Å². The summed E-state index contributed by atoms with van der Waals surface area (Å²) in [5, 5.41) is 14.3. The molecule has 1 aromatic heterocycles. The second-order valence-electron chi connectivity index (χ2n) is 4.87. The molecule has 18 heavy (non-hydrogen) atoms. The quantitative estimate of drug-likeness (QED) is 0.441. The third kappa shape index (κ3) is 4.01. The van der Waals surface area contributed by atoms with Crippen LogP contribution in [0.25, 0.3) is 0 Å². The number of hydrogen-bond donors (Lipinski definition) is 2. The first-order valence-corrected chi connectivity index (χ1v) is 6.59. The molecule has 1 aliphatic carbocycles. The molecule has 0 aliphatic heterocycles. The number of nitrogens with one attached hydrogen (secondary N) is 2. The lowest BCUT2D eigenvalue weighted by Gasteiger charge is -2.11. The Morgan fingerprint density at radius 2 is 2.11 bits per heavy atom. The summed E-state index contributed by atoms with van der Waals surface area (Å²) in [4.78, 5) is 4.22. The zero-order chi connectivity index (χ0) is 12.8. The van der Waals surface area contributed by atoms with Crippen LogP contribution in [0.4, 0.5) is 0 Å². The van der Waals surface area contributed by atoms with Gasteiger partial charge in [-0.3, -0.25) is 4.99 Å². The lowest BCUT2D eigenvalue weighted by molar-refractivity contribution is 0.597. The van der Waals surface area contributed by atoms with Gasteiger partial charge in [0.05, 0.1) is 0 Å². The van der Waals surface area contributed by atoms with E-state index in [1.807, 2.05) is 11.6 Å². The van der Waals surface area contributed by atoms with Crippen LogP contribution < -0.4 is 10.6 Å². The van der Waals surface area contributed by atoms with Crippen molar-refractivity contribution in [1.29, 1.82) is 0 Å². The zero-order valence-electron chi connectivity index (χ0n) is 11.1. The monoisotopic (exact) mass is 250 g/mol. The first-order chi connectivity index (χ1) is 8.79. The zero-order valence-corrected chi connectivity index (χ0v) is 11.1. The van der Waals surface area contributed by atoms with Crippen molar-refractivity contribution in [3.05, 3.63) is 12.7 Å². The molecule has 0 amide bonds. The summed E-state index contributed by atoms with van der Waals surface area (Å²) < 4.78 is 2.00. The second kappa shape index (κ2) is 6.37. The summed E-state index contributed by atoms with van der Waals surface area (Å²) in [5.74, 6) is 1.71. The SMILES string of the molecule is CN=C(NCCCCn1cnnc1)NC1CC1C. The molecule has 1 heterocycles. The van der Waals surface area contributed by atoms with Gasteiger partial charge in [0.1, 0.15) is 12.7 Å². The Morgan fingerprint density at radius 1 is 1.39 bits per heavy atom. The molecule has 2 N–H and O–H groups in total. The Morgan fingerprint density at radius 3 is 2.72 bits per heavy atom. The Balaban J connectivity index is 1.54. The molecule has 2 atom stereocenters. The minimum absolute atomic E-state index is 0.619. The third-order valence-corrected chi connectivity index (χ3v) is 3.26. The Labute approximate surface area is 108 Å². The van der Waals surface area contributed by atoms with Crippen LogP contribution in [-0.4, -0.2) is 40.4 Å². The smallest absolute Gasteiger partial charge is 0.191 e. The fraction of sp³-hybridized carbons (Fsp3) is 0.750. The standard InChI is InChI=1S/C12H22N6/c1-10-7-11(10)17-12(13-2)14-5-3-4-6-18-8-15-16-9-18/h8-11H,3-7H2,1-2H3,(H2,13,14,17). The van der Waals surface area contributed by atoms with Crippen LogP contribution in [0.2, 0.25) is 0 Å². The van der Waals surface area contributed by atoms with E-state index in [1.165, 1.54) is 6.42 Å². The van der Waals surface area contributed by atoms with Crippen LogP contribution >= 0.6 is 0 Å². The summed E-state index contributed by atoms with van der Waals surface area (Å²) in [5.41, 5.74) is 0. The number of hydrogen-bond acceptors (Lipinski definition) is 3. The van der Waals surface area contributed by atoms with Crippen molar-refractivity contribution in [2.75, 3.05) is 13.6 Å². The van der Waals surface area contributed by atoms with Crippen molar-refractivity contribution in [2.24, 2.45) is 10.9 Å². The van der Waals surface area contributed by atoms with E-state index in [4.69, 9.17) is 0 Å². The van der Waals surface area contributed by atoms with Crippen molar-refractivity contribution >= 4 is 5.96 Å². The number of aryl methyl sites for hydroxylation is 1. The van der Waals surface area contributed by atoms with E-state index in [-0.39, 0.29) is 0 Å². The van der Waals surface area contributed by atoms with E-state index >= 15 is 0 Å². The normalized spacial score (nSPS) is 22.9. The molecule has 1 aliphatic rings. The summed E-state index contributed by atoms with van der Waals surface area (Å²) in [6.07, 6.45) is 6.99. The van der Waals surface area contributed by atoms with Gasteiger partial charge in [0.2, 0.25) is 0 Å². The Kier molecular flexibility index (Phi) is 4.55. The van der Waals surface area contributed by atoms with Crippen LogP contribution in [0.1, 0.15) is 26.2 Å². The van der Waals surface area contributed by atoms with Crippen LogP contribution in [0, 0.1) is 5.92 Å². The van der Waals surface area contributed by atoms with Crippen LogP contribution in [0.5, 0.6) is 0 Å². The van der Waals surface area contributed by atoms with Gasteiger partial charge in [0.25, 0.3) is 0 Å². The molecule has 0 radical (unpaired) electrons. The molecular weight excluding hydrogens is 228 g/mol. The number of unbranched alkanes of at least 4 members (excludes halogenated alkanes) is 1. The lowest BCUT2D eigenvalue weighted by atomic mass is 10.3. The molecular formula is C12H22N6. The van der Waals surface area contributed by atoms with E-state index in [2.05, 4.69) is 32.7 Å². The second-order valence-corrected chi connectivity index (χ2v) is 4.87. The molecule has 100 valence electrons. The molecule has 6 heteroatoms. The van der Waals surface area contributed by atoms with E-state index in [0.717, 1.165) is 37.8 Å². The van der Waals surface area contributed by atoms with Crippen molar-refractivity contribution in [3.63, 3.8) is 0 Å². The van der Waals surface area contributed by atoms with E-state index in [1.54, 1.807) is 12.7 Å². The Hall–Kier alpha value is -1.59. The molecule has 1 aromatic rings. The summed E-state index contributed by atoms with van der Waals surface area (Å²) in [6.45, 7) is 4.17. The van der Waals surface area contributed by atoms with Gasteiger partial charge in [0.15, 0.2) is 5.96 Å². The highest BCUT2D eigenvalue weighted by atomic mass is 15.2. The fourth-order valence-electron chi connectivity index (χ4n) is 1.86. The predicted molar refractivity (Wildman–Crippen MR) is 71.3 cm³/mol. The van der Waals surface area contributed by atoms with E-state index in [9.17, 15) is 0 Å². The molecule has 2 unspecified atom stereocenters. The average Bonchev–Trinajstić information content (AvgIpc) is 2.86. The molecule has 1 fully saturated rings. The third-order valence-electron chi connectivity index (χ3n) is 3.26. The molecule has 6 nitrogen and oxygen atoms in total. The van der Waals surface area contributed by atoms with Crippen molar-refractivity contribution in [2.45, 2.75) is 38.8 Å². The number of aromatic nitrogens is 3. The van der Waals surface area contributed by atoms with Crippen LogP contribution in [-0.2, 0) is 6.54 Å². The molecule has 2 rings (SSSR count). The van der Waals surface area contributed by atoms with E-state index < -0.39 is 0 Å². The molecule has 0 saturated heterocycles. The topological polar surface area (TPSA) is 67.1 Å². The van der Waals surface area contributed by atoms with Gasteiger partial charge < -0.3 is 15.2 Å². The molecule has 0 spiro atoms. The molecule has 0 bridgehead atoms.